The van der Waals surface area contributed by atoms with Gasteiger partial charge in [-0.15, -0.1) is 4.91 Å². The van der Waals surface area contributed by atoms with E-state index in [-0.39, 0.29) is 5.16 Å². The molecule has 0 spiro atoms. The number of aromatic hydroxyl groups is 1. The second-order valence-corrected chi connectivity index (χ2v) is 3.81. The summed E-state index contributed by atoms with van der Waals surface area (Å²) >= 11 is 1.22. The lowest BCUT2D eigenvalue weighted by Crippen LogP contribution is -2.13. The van der Waals surface area contributed by atoms with Crippen LogP contribution in [0.2, 0.25) is 0 Å². The van der Waals surface area contributed by atoms with Crippen molar-refractivity contribution in [3.63, 3.8) is 0 Å². The van der Waals surface area contributed by atoms with Crippen molar-refractivity contribution in [3.8, 4) is 5.88 Å². The van der Waals surface area contributed by atoms with Gasteiger partial charge in [-0.25, -0.2) is 0 Å². The van der Waals surface area contributed by atoms with E-state index in [0.717, 1.165) is 6.42 Å². The minimum atomic E-state index is -0.963. The minimum Gasteiger partial charge on any atom is -0.488 e. The fourth-order valence-electron chi connectivity index (χ4n) is 0.867. The molecule has 0 radical (unpaired) electrons. The molecule has 0 aliphatic carbocycles. The number of nitro groups is 1. The van der Waals surface area contributed by atoms with Gasteiger partial charge >= 0.3 is 11.2 Å². The molecule has 0 aliphatic heterocycles. The zero-order chi connectivity index (χ0) is 14.1. The lowest BCUT2D eigenvalue weighted by Gasteiger charge is -1.99. The maximum Gasteiger partial charge on any atom is 0.395 e. The van der Waals surface area contributed by atoms with Gasteiger partial charge in [-0.1, -0.05) is 18.7 Å². The van der Waals surface area contributed by atoms with Gasteiger partial charge < -0.3 is 10.3 Å². The number of nitrogens with zero attached hydrogens (tertiary/aromatic N) is 3. The second kappa shape index (κ2) is 8.00. The highest BCUT2D eigenvalue weighted by atomic mass is 32.2. The van der Waals surface area contributed by atoms with E-state index in [9.17, 15) is 14.9 Å². The Kier molecular flexibility index (Phi) is 7.04. The van der Waals surface area contributed by atoms with Crippen LogP contribution < -0.4 is 5.56 Å². The van der Waals surface area contributed by atoms with Crippen molar-refractivity contribution in [2.45, 2.75) is 18.5 Å². The van der Waals surface area contributed by atoms with Crippen LogP contribution >= 0.6 is 11.8 Å². The number of H-pyrrole nitrogens is 1. The van der Waals surface area contributed by atoms with Crippen molar-refractivity contribution in [1.82, 2.24) is 9.97 Å². The Balaban J connectivity index is 0.000000873. The van der Waals surface area contributed by atoms with Crippen LogP contribution in [0.1, 0.15) is 13.3 Å². The molecule has 0 amide bonds. The molecule has 10 nitrogen and oxygen atoms in total. The summed E-state index contributed by atoms with van der Waals surface area (Å²) in [7, 11) is 0. The van der Waals surface area contributed by atoms with E-state index in [1.165, 1.54) is 17.1 Å². The van der Waals surface area contributed by atoms with Gasteiger partial charge in [0.05, 0.1) is 4.92 Å². The highest BCUT2D eigenvalue weighted by Crippen LogP contribution is 2.21. The number of aromatic amines is 1. The summed E-state index contributed by atoms with van der Waals surface area (Å²) in [5, 5.41) is 27.6. The van der Waals surface area contributed by atoms with Gasteiger partial charge in [-0.3, -0.25) is 19.9 Å². The molecule has 0 bridgehead atoms. The number of hydrogen-bond donors (Lipinski definition) is 3. The number of nitrogens with one attached hydrogen (secondary N) is 1. The lowest BCUT2D eigenvalue weighted by atomic mass is 10.5. The van der Waals surface area contributed by atoms with E-state index < -0.39 is 22.0 Å². The molecule has 1 aromatic rings. The van der Waals surface area contributed by atoms with Crippen LogP contribution in [0.4, 0.5) is 5.69 Å². The van der Waals surface area contributed by atoms with Gasteiger partial charge in [-0.2, -0.15) is 4.98 Å². The molecule has 1 heterocycles. The summed E-state index contributed by atoms with van der Waals surface area (Å²) in [5.41, 5.74) is -1.86. The molecule has 0 saturated heterocycles. The van der Waals surface area contributed by atoms with E-state index >= 15 is 0 Å². The molecule has 0 fully saturated rings. The van der Waals surface area contributed by atoms with Crippen LogP contribution in [-0.4, -0.2) is 31.0 Å². The fraction of sp³-hybridized carbons (Fsp3) is 0.429. The van der Waals surface area contributed by atoms with Gasteiger partial charge in [0.25, 0.3) is 5.88 Å². The lowest BCUT2D eigenvalue weighted by molar-refractivity contribution is -0.387. The van der Waals surface area contributed by atoms with E-state index in [1.54, 1.807) is 0 Å². The van der Waals surface area contributed by atoms with Crippen LogP contribution in [0.3, 0.4) is 0 Å². The third kappa shape index (κ3) is 4.78. The first-order chi connectivity index (χ1) is 8.47. The van der Waals surface area contributed by atoms with Crippen molar-refractivity contribution in [2.75, 3.05) is 5.75 Å². The molecule has 0 atom stereocenters. The average Bonchev–Trinajstić information content (AvgIpc) is 2.26. The van der Waals surface area contributed by atoms with Crippen molar-refractivity contribution in [1.29, 1.82) is 0 Å². The Bertz CT molecular complexity index is 475. The zero-order valence-corrected chi connectivity index (χ0v) is 10.0. The molecule has 1 rings (SSSR count). The predicted molar refractivity (Wildman–Crippen MR) is 61.8 cm³/mol. The maximum absolute atomic E-state index is 11.2. The van der Waals surface area contributed by atoms with Gasteiger partial charge in [0.15, 0.2) is 10.5 Å². The average molecular weight is 278 g/mol. The number of thioether (sulfide) groups is 1. The van der Waals surface area contributed by atoms with Crippen molar-refractivity contribution < 1.29 is 15.2 Å². The summed E-state index contributed by atoms with van der Waals surface area (Å²) in [4.78, 5) is 34.4. The molecule has 11 heteroatoms. The number of hydrogen-bond acceptors (Lipinski definition) is 8. The Morgan fingerprint density at radius 1 is 1.61 bits per heavy atom. The maximum atomic E-state index is 11.2. The highest BCUT2D eigenvalue weighted by molar-refractivity contribution is 7.99. The third-order valence-corrected chi connectivity index (χ3v) is 2.56. The summed E-state index contributed by atoms with van der Waals surface area (Å²) in [5.74, 6) is -0.137. The molecule has 18 heavy (non-hydrogen) atoms. The molecule has 100 valence electrons. The van der Waals surface area contributed by atoms with E-state index in [1.807, 2.05) is 6.92 Å². The monoisotopic (exact) mass is 278 g/mol. The summed E-state index contributed by atoms with van der Waals surface area (Å²) in [6.45, 7) is 1.94. The Morgan fingerprint density at radius 3 is 2.56 bits per heavy atom. The van der Waals surface area contributed by atoms with Gasteiger partial charge in [0.1, 0.15) is 0 Å². The molecule has 0 aromatic carbocycles. The van der Waals surface area contributed by atoms with Crippen molar-refractivity contribution in [3.05, 3.63) is 25.4 Å². The highest BCUT2D eigenvalue weighted by Gasteiger charge is 2.21. The van der Waals surface area contributed by atoms with E-state index in [0.29, 0.717) is 5.75 Å². The Labute approximate surface area is 104 Å². The standard InChI is InChI=1S/C7H9N3O4S.HNO2/c1-2-3-15-7-8-5(11)4(10(13)14)6(12)9-7;2-1-3/h2-3H2,1H3,(H2,8,9,11,12);(H,2,3). The third-order valence-electron chi connectivity index (χ3n) is 1.48. The largest absolute Gasteiger partial charge is 0.488 e. The molecule has 1 aromatic heterocycles. The smallest absolute Gasteiger partial charge is 0.395 e. The quantitative estimate of drug-likeness (QED) is 0.242. The van der Waals surface area contributed by atoms with Crippen LogP contribution in [0.25, 0.3) is 0 Å². The Morgan fingerprint density at radius 2 is 2.17 bits per heavy atom. The fourth-order valence-corrected chi connectivity index (χ4v) is 1.58. The van der Waals surface area contributed by atoms with Gasteiger partial charge in [-0.05, 0) is 6.42 Å². The predicted octanol–water partition coefficient (Wildman–Crippen LogP) is 1.03. The molecule has 0 saturated carbocycles. The molecule has 0 aliphatic rings. The summed E-state index contributed by atoms with van der Waals surface area (Å²) in [6, 6.07) is 0. The van der Waals surface area contributed by atoms with Crippen LogP contribution in [0, 0.1) is 15.0 Å². The first-order valence-electron chi connectivity index (χ1n) is 4.55. The second-order valence-electron chi connectivity index (χ2n) is 2.73. The molecular weight excluding hydrogens is 268 g/mol. The minimum absolute atomic E-state index is 0.185. The number of aromatic nitrogens is 2. The van der Waals surface area contributed by atoms with Crippen LogP contribution in [-0.2, 0) is 0 Å². The zero-order valence-electron chi connectivity index (χ0n) is 9.19. The van der Waals surface area contributed by atoms with E-state index in [4.69, 9.17) is 15.2 Å². The van der Waals surface area contributed by atoms with Gasteiger partial charge in [0, 0.05) is 5.75 Å². The first kappa shape index (κ1) is 15.8. The Hall–Kier alpha value is -2.17. The summed E-state index contributed by atoms with van der Waals surface area (Å²) < 4.78 is 0. The normalized spacial score (nSPS) is 9.17. The molecule has 0 unspecified atom stereocenters. The molecule has 3 N–H and O–H groups in total. The van der Waals surface area contributed by atoms with E-state index in [2.05, 4.69) is 9.97 Å². The SMILES string of the molecule is CCCSc1nc(O)c([N+](=O)[O-])c(=O)[nH]1.O=NO. The van der Waals surface area contributed by atoms with Crippen molar-refractivity contribution in [2.24, 2.45) is 5.34 Å². The number of rotatable bonds is 4. The summed E-state index contributed by atoms with van der Waals surface area (Å²) in [6.07, 6.45) is 0.867. The first-order valence-corrected chi connectivity index (χ1v) is 5.53. The van der Waals surface area contributed by atoms with Gasteiger partial charge in [0.2, 0.25) is 0 Å². The topological polar surface area (TPSA) is 159 Å². The van der Waals surface area contributed by atoms with Crippen LogP contribution in [0.5, 0.6) is 5.88 Å². The molecular formula is C7H10N4O6S. The van der Waals surface area contributed by atoms with Crippen LogP contribution in [0.15, 0.2) is 15.3 Å². The van der Waals surface area contributed by atoms with Crippen molar-refractivity contribution >= 4 is 17.4 Å².